The van der Waals surface area contributed by atoms with Crippen molar-refractivity contribution in [2.75, 3.05) is 7.05 Å². The number of hydrogen-bond donors (Lipinski definition) is 2. The first-order chi connectivity index (χ1) is 12.2. The van der Waals surface area contributed by atoms with Crippen LogP contribution in [-0.2, 0) is 4.79 Å². The van der Waals surface area contributed by atoms with Gasteiger partial charge >= 0.3 is 0 Å². The van der Waals surface area contributed by atoms with Crippen molar-refractivity contribution in [2.45, 2.75) is 40.5 Å². The first-order valence-corrected chi connectivity index (χ1v) is 8.89. The van der Waals surface area contributed by atoms with Crippen molar-refractivity contribution in [1.29, 1.82) is 0 Å². The molecule has 26 heavy (non-hydrogen) atoms. The minimum Gasteiger partial charge on any atom is -0.315 e. The quantitative estimate of drug-likeness (QED) is 0.300. The third-order valence-electron chi connectivity index (χ3n) is 4.22. The lowest BCUT2D eigenvalue weighted by molar-refractivity contribution is -0.136. The highest BCUT2D eigenvalue weighted by atomic mass is 16.2. The van der Waals surface area contributed by atoms with Crippen LogP contribution in [0.15, 0.2) is 65.1 Å². The van der Waals surface area contributed by atoms with Gasteiger partial charge in [0.05, 0.1) is 0 Å². The molecule has 0 aromatic heterocycles. The number of hydrogen-bond acceptors (Lipinski definition) is 4. The molecule has 1 amide bonds. The van der Waals surface area contributed by atoms with E-state index in [0.29, 0.717) is 18.2 Å². The summed E-state index contributed by atoms with van der Waals surface area (Å²) in [5.74, 6) is 6.57. The third-order valence-corrected chi connectivity index (χ3v) is 4.22. The summed E-state index contributed by atoms with van der Waals surface area (Å²) in [5.41, 5.74) is 3.68. The van der Waals surface area contributed by atoms with Crippen LogP contribution in [0.3, 0.4) is 0 Å². The number of rotatable bonds is 8. The molecule has 1 aliphatic rings. The summed E-state index contributed by atoms with van der Waals surface area (Å²) >= 11 is 0. The van der Waals surface area contributed by atoms with Crippen molar-refractivity contribution in [1.82, 2.24) is 10.3 Å². The van der Waals surface area contributed by atoms with Gasteiger partial charge in [-0.25, -0.2) is 10.8 Å². The molecule has 5 heteroatoms. The van der Waals surface area contributed by atoms with Crippen molar-refractivity contribution in [3.63, 3.8) is 0 Å². The standard InChI is InChI=1S/C21H32N4O/c1-7-8-13-23-19(24-22)14-17(3)15-21(4,5)20(26)25(6)18-11-9-16(2)10-12-18/h7-9,11-14,16,24H,3,10,15,22H2,1-2,4-6H3/b8-7-,19-14-,23-13-. The SMILES string of the molecule is C=C(/C=C(/N=C\C=C/C)NN)CC(C)(C)C(=O)N(C)C1=CCC(C)C=C1. The van der Waals surface area contributed by atoms with Crippen LogP contribution in [0, 0.1) is 11.3 Å². The van der Waals surface area contributed by atoms with E-state index in [1.54, 1.807) is 17.2 Å². The normalized spacial score (nSPS) is 18.3. The molecule has 0 aromatic rings. The number of nitrogens with two attached hydrogens (primary N) is 1. The molecule has 0 heterocycles. The van der Waals surface area contributed by atoms with E-state index in [1.165, 1.54) is 0 Å². The molecule has 5 nitrogen and oxygen atoms in total. The average Bonchev–Trinajstić information content (AvgIpc) is 2.59. The lowest BCUT2D eigenvalue weighted by Crippen LogP contribution is -2.38. The highest BCUT2D eigenvalue weighted by Gasteiger charge is 2.32. The minimum absolute atomic E-state index is 0.0529. The molecular formula is C21H32N4O. The van der Waals surface area contributed by atoms with Crippen LogP contribution in [0.1, 0.15) is 40.5 Å². The monoisotopic (exact) mass is 356 g/mol. The molecule has 0 spiro atoms. The fraction of sp³-hybridized carbons (Fsp3) is 0.429. The van der Waals surface area contributed by atoms with E-state index in [9.17, 15) is 4.79 Å². The summed E-state index contributed by atoms with van der Waals surface area (Å²) in [6, 6.07) is 0. The Morgan fingerprint density at radius 2 is 2.23 bits per heavy atom. The maximum atomic E-state index is 13.0. The molecule has 0 saturated carbocycles. The molecule has 0 fully saturated rings. The highest BCUT2D eigenvalue weighted by molar-refractivity contribution is 5.84. The van der Waals surface area contributed by atoms with Crippen LogP contribution in [0.2, 0.25) is 0 Å². The number of likely N-dealkylation sites (N-methyl/N-ethyl adjacent to an activating group) is 1. The second-order valence-corrected chi connectivity index (χ2v) is 7.26. The van der Waals surface area contributed by atoms with Crippen molar-refractivity contribution in [3.8, 4) is 0 Å². The Labute approximate surface area is 157 Å². The van der Waals surface area contributed by atoms with Gasteiger partial charge in [-0.3, -0.25) is 4.79 Å². The zero-order valence-electron chi connectivity index (χ0n) is 16.6. The van der Waals surface area contributed by atoms with Crippen molar-refractivity contribution in [3.05, 3.63) is 60.1 Å². The molecule has 0 aromatic carbocycles. The van der Waals surface area contributed by atoms with Gasteiger partial charge in [0.1, 0.15) is 5.82 Å². The molecule has 0 saturated heterocycles. The fourth-order valence-corrected chi connectivity index (χ4v) is 2.75. The number of allylic oxidation sites excluding steroid dienone is 7. The van der Waals surface area contributed by atoms with Gasteiger partial charge in [0.25, 0.3) is 0 Å². The maximum Gasteiger partial charge on any atom is 0.232 e. The summed E-state index contributed by atoms with van der Waals surface area (Å²) in [4.78, 5) is 18.9. The number of hydrazine groups is 1. The van der Waals surface area contributed by atoms with Gasteiger partial charge in [0.2, 0.25) is 5.91 Å². The Kier molecular flexibility index (Phi) is 8.26. The van der Waals surface area contributed by atoms with E-state index in [4.69, 9.17) is 5.84 Å². The van der Waals surface area contributed by atoms with Crippen molar-refractivity contribution < 1.29 is 4.79 Å². The van der Waals surface area contributed by atoms with Crippen LogP contribution in [0.4, 0.5) is 0 Å². The summed E-state index contributed by atoms with van der Waals surface area (Å²) in [6.07, 6.45) is 14.8. The van der Waals surface area contributed by atoms with Gasteiger partial charge in [-0.05, 0) is 43.9 Å². The zero-order chi connectivity index (χ0) is 19.7. The Bertz CT molecular complexity index is 665. The average molecular weight is 357 g/mol. The fourth-order valence-electron chi connectivity index (χ4n) is 2.75. The van der Waals surface area contributed by atoms with E-state index in [0.717, 1.165) is 17.7 Å². The van der Waals surface area contributed by atoms with E-state index >= 15 is 0 Å². The molecule has 0 aliphatic heterocycles. The Morgan fingerprint density at radius 3 is 2.77 bits per heavy atom. The Morgan fingerprint density at radius 1 is 1.54 bits per heavy atom. The summed E-state index contributed by atoms with van der Waals surface area (Å²) < 4.78 is 0. The smallest absolute Gasteiger partial charge is 0.232 e. The molecule has 3 N–H and O–H groups in total. The molecule has 0 radical (unpaired) electrons. The summed E-state index contributed by atoms with van der Waals surface area (Å²) in [7, 11) is 1.82. The van der Waals surface area contributed by atoms with Crippen molar-refractivity contribution in [2.24, 2.45) is 22.2 Å². The summed E-state index contributed by atoms with van der Waals surface area (Å²) in [6.45, 7) is 12.0. The Hall–Kier alpha value is -2.40. The number of amides is 1. The highest BCUT2D eigenvalue weighted by Crippen LogP contribution is 2.30. The predicted molar refractivity (Wildman–Crippen MR) is 110 cm³/mol. The molecule has 1 atom stereocenters. The van der Waals surface area contributed by atoms with Gasteiger partial charge in [-0.15, -0.1) is 0 Å². The third kappa shape index (κ3) is 6.48. The number of carbonyl (C=O) groups is 1. The zero-order valence-corrected chi connectivity index (χ0v) is 16.6. The maximum absolute atomic E-state index is 13.0. The molecule has 0 bridgehead atoms. The second kappa shape index (κ2) is 9.92. The van der Waals surface area contributed by atoms with Crippen molar-refractivity contribution >= 4 is 12.1 Å². The van der Waals surface area contributed by atoms with Crippen LogP contribution in [0.25, 0.3) is 0 Å². The second-order valence-electron chi connectivity index (χ2n) is 7.26. The number of nitrogens with one attached hydrogen (secondary N) is 1. The van der Waals surface area contributed by atoms with Gasteiger partial charge in [0, 0.05) is 24.4 Å². The van der Waals surface area contributed by atoms with E-state index in [2.05, 4.69) is 36.1 Å². The Balaban J connectivity index is 2.81. The van der Waals surface area contributed by atoms with Crippen LogP contribution in [-0.4, -0.2) is 24.1 Å². The topological polar surface area (TPSA) is 70.7 Å². The molecule has 1 aliphatic carbocycles. The van der Waals surface area contributed by atoms with E-state index in [1.807, 2.05) is 46.0 Å². The number of nitrogens with zero attached hydrogens (tertiary/aromatic N) is 2. The largest absolute Gasteiger partial charge is 0.315 e. The number of carbonyl (C=O) groups excluding carboxylic acids is 1. The van der Waals surface area contributed by atoms with E-state index in [-0.39, 0.29) is 5.91 Å². The van der Waals surface area contributed by atoms with Gasteiger partial charge in [-0.1, -0.05) is 51.2 Å². The van der Waals surface area contributed by atoms with Crippen LogP contribution in [0.5, 0.6) is 0 Å². The van der Waals surface area contributed by atoms with Gasteiger partial charge < -0.3 is 10.3 Å². The summed E-state index contributed by atoms with van der Waals surface area (Å²) in [5, 5.41) is 0. The van der Waals surface area contributed by atoms with Gasteiger partial charge in [-0.2, -0.15) is 0 Å². The van der Waals surface area contributed by atoms with Gasteiger partial charge in [0.15, 0.2) is 0 Å². The minimum atomic E-state index is -0.590. The number of aliphatic imine (C=N–C) groups is 1. The lowest BCUT2D eigenvalue weighted by atomic mass is 9.84. The molecule has 1 rings (SSSR count). The molecule has 142 valence electrons. The lowest BCUT2D eigenvalue weighted by Gasteiger charge is -2.31. The molecule has 1 unspecified atom stereocenters. The molecular weight excluding hydrogens is 324 g/mol. The first-order valence-electron chi connectivity index (χ1n) is 8.89. The van der Waals surface area contributed by atoms with Crippen LogP contribution < -0.4 is 11.3 Å². The van der Waals surface area contributed by atoms with E-state index < -0.39 is 5.41 Å². The first kappa shape index (κ1) is 21.6. The van der Waals surface area contributed by atoms with Crippen LogP contribution >= 0.6 is 0 Å². The predicted octanol–water partition coefficient (Wildman–Crippen LogP) is 3.85.